The molecule has 0 aliphatic carbocycles. The van der Waals surface area contributed by atoms with E-state index in [-0.39, 0.29) is 0 Å². The van der Waals surface area contributed by atoms with E-state index >= 15 is 0 Å². The van der Waals surface area contributed by atoms with Gasteiger partial charge in [-0.25, -0.2) is 8.78 Å². The summed E-state index contributed by atoms with van der Waals surface area (Å²) < 4.78 is 35.7. The molecular formula is C4H6F3NO2. The van der Waals surface area contributed by atoms with E-state index in [2.05, 4.69) is 0 Å². The Labute approximate surface area is 55.0 Å². The molecule has 0 saturated carbocycles. The van der Waals surface area contributed by atoms with Gasteiger partial charge >= 0.3 is 6.30 Å². The normalized spacial score (nSPS) is 19.6. The third-order valence-corrected chi connectivity index (χ3v) is 0.943. The summed E-state index contributed by atoms with van der Waals surface area (Å²) in [4.78, 5) is 8.03. The second kappa shape index (κ2) is 2.85. The van der Waals surface area contributed by atoms with E-state index in [0.29, 0.717) is 6.92 Å². The predicted octanol–water partition coefficient (Wildman–Crippen LogP) is 1.26. The monoisotopic (exact) mass is 157 g/mol. The fourth-order valence-corrected chi connectivity index (χ4v) is 0.283. The topological polar surface area (TPSA) is 43.1 Å². The second-order valence-electron chi connectivity index (χ2n) is 2.03. The summed E-state index contributed by atoms with van der Waals surface area (Å²) in [7, 11) is 0. The first-order valence-corrected chi connectivity index (χ1v) is 2.44. The molecule has 0 rings (SSSR count). The number of nitro groups is 1. The Morgan fingerprint density at radius 1 is 1.80 bits per heavy atom. The maximum atomic E-state index is 12.3. The molecule has 0 aliphatic rings. The quantitative estimate of drug-likeness (QED) is 0.351. The molecule has 0 saturated heterocycles. The van der Waals surface area contributed by atoms with Gasteiger partial charge in [-0.3, -0.25) is 10.1 Å². The van der Waals surface area contributed by atoms with Crippen LogP contribution in [0.3, 0.4) is 0 Å². The molecule has 3 nitrogen and oxygen atoms in total. The molecule has 0 aliphatic heterocycles. The van der Waals surface area contributed by atoms with E-state index in [0.717, 1.165) is 0 Å². The highest BCUT2D eigenvalue weighted by Crippen LogP contribution is 2.19. The molecule has 60 valence electrons. The zero-order valence-electron chi connectivity index (χ0n) is 5.18. The maximum absolute atomic E-state index is 12.3. The highest BCUT2D eigenvalue weighted by Gasteiger charge is 2.44. The largest absolute Gasteiger partial charge is 0.385 e. The van der Waals surface area contributed by atoms with Crippen molar-refractivity contribution in [2.24, 2.45) is 0 Å². The average molecular weight is 157 g/mol. The molecule has 0 bridgehead atoms. The van der Waals surface area contributed by atoms with Crippen LogP contribution >= 0.6 is 0 Å². The molecule has 0 aromatic rings. The van der Waals surface area contributed by atoms with Crippen LogP contribution in [-0.4, -0.2) is 23.6 Å². The van der Waals surface area contributed by atoms with Crippen molar-refractivity contribution in [1.82, 2.24) is 0 Å². The van der Waals surface area contributed by atoms with Gasteiger partial charge in [0.2, 0.25) is 5.67 Å². The Morgan fingerprint density at radius 2 is 2.20 bits per heavy atom. The smallest absolute Gasteiger partial charge is 0.261 e. The summed E-state index contributed by atoms with van der Waals surface area (Å²) in [5, 5.41) is 9.53. The highest BCUT2D eigenvalue weighted by molar-refractivity contribution is 4.74. The van der Waals surface area contributed by atoms with Gasteiger partial charge in [0.25, 0.3) is 0 Å². The van der Waals surface area contributed by atoms with Crippen molar-refractivity contribution in [2.45, 2.75) is 18.9 Å². The molecule has 0 radical (unpaired) electrons. The Hall–Kier alpha value is -0.810. The molecule has 0 fully saturated rings. The number of alkyl halides is 3. The molecule has 0 aromatic carbocycles. The summed E-state index contributed by atoms with van der Waals surface area (Å²) in [6.45, 7) is -1.20. The van der Waals surface area contributed by atoms with Crippen LogP contribution in [0.15, 0.2) is 0 Å². The SMILES string of the molecule is CC(F)(CF)C(F)[N+](=O)[O-]. The van der Waals surface area contributed by atoms with Gasteiger partial charge in [0, 0.05) is 0 Å². The van der Waals surface area contributed by atoms with Gasteiger partial charge in [-0.05, 0) is 6.92 Å². The first kappa shape index (κ1) is 9.19. The third-order valence-electron chi connectivity index (χ3n) is 0.943. The lowest BCUT2D eigenvalue weighted by Crippen LogP contribution is -2.39. The van der Waals surface area contributed by atoms with Gasteiger partial charge in [-0.2, -0.15) is 4.39 Å². The van der Waals surface area contributed by atoms with E-state index in [1.165, 1.54) is 0 Å². The van der Waals surface area contributed by atoms with Crippen molar-refractivity contribution in [2.75, 3.05) is 6.67 Å². The molecule has 2 unspecified atom stereocenters. The summed E-state index contributed by atoms with van der Waals surface area (Å²) in [5.74, 6) is 0. The average Bonchev–Trinajstić information content (AvgIpc) is 1.86. The standard InChI is InChI=1S/C4H6F3NO2/c1-4(7,2-5)3(6)8(9)10/h3H,2H2,1H3. The van der Waals surface area contributed by atoms with Crippen LogP contribution in [0.2, 0.25) is 0 Å². The van der Waals surface area contributed by atoms with Gasteiger partial charge in [0.1, 0.15) is 6.67 Å². The third kappa shape index (κ3) is 1.85. The molecule has 2 atom stereocenters. The highest BCUT2D eigenvalue weighted by atomic mass is 19.2. The summed E-state index contributed by atoms with van der Waals surface area (Å²) in [6, 6.07) is 0. The van der Waals surface area contributed by atoms with Gasteiger partial charge < -0.3 is 0 Å². The molecule has 6 heteroatoms. The minimum atomic E-state index is -3.01. The fourth-order valence-electron chi connectivity index (χ4n) is 0.283. The van der Waals surface area contributed by atoms with Crippen LogP contribution in [0.25, 0.3) is 0 Å². The van der Waals surface area contributed by atoms with E-state index in [1.54, 1.807) is 0 Å². The predicted molar refractivity (Wildman–Crippen MR) is 27.4 cm³/mol. The second-order valence-corrected chi connectivity index (χ2v) is 2.03. The lowest BCUT2D eigenvalue weighted by Gasteiger charge is -2.13. The minimum Gasteiger partial charge on any atom is -0.261 e. The Bertz CT molecular complexity index is 138. The van der Waals surface area contributed by atoms with Gasteiger partial charge in [0.15, 0.2) is 0 Å². The Morgan fingerprint density at radius 3 is 2.30 bits per heavy atom. The van der Waals surface area contributed by atoms with Crippen molar-refractivity contribution < 1.29 is 18.1 Å². The van der Waals surface area contributed by atoms with Crippen LogP contribution in [0.1, 0.15) is 6.92 Å². The van der Waals surface area contributed by atoms with Crippen LogP contribution in [0.4, 0.5) is 13.2 Å². The molecule has 10 heavy (non-hydrogen) atoms. The summed E-state index contributed by atoms with van der Waals surface area (Å²) in [6.07, 6.45) is -2.99. The van der Waals surface area contributed by atoms with Crippen LogP contribution in [-0.2, 0) is 0 Å². The van der Waals surface area contributed by atoms with E-state index in [9.17, 15) is 23.3 Å². The van der Waals surface area contributed by atoms with Crippen molar-refractivity contribution in [3.05, 3.63) is 10.1 Å². The first-order chi connectivity index (χ1) is 4.41. The van der Waals surface area contributed by atoms with Gasteiger partial charge in [-0.15, -0.1) is 0 Å². The number of rotatable bonds is 3. The summed E-state index contributed by atoms with van der Waals surface area (Å²) >= 11 is 0. The van der Waals surface area contributed by atoms with Crippen LogP contribution in [0, 0.1) is 10.1 Å². The molecule has 0 spiro atoms. The molecule has 0 heterocycles. The lowest BCUT2D eigenvalue weighted by molar-refractivity contribution is -0.572. The van der Waals surface area contributed by atoms with Crippen molar-refractivity contribution in [3.63, 3.8) is 0 Å². The number of nitrogens with zero attached hydrogens (tertiary/aromatic N) is 1. The Balaban J connectivity index is 4.17. The maximum Gasteiger partial charge on any atom is 0.385 e. The number of hydrogen-bond acceptors (Lipinski definition) is 2. The van der Waals surface area contributed by atoms with Crippen LogP contribution in [0.5, 0.6) is 0 Å². The van der Waals surface area contributed by atoms with Crippen molar-refractivity contribution >= 4 is 0 Å². The molecule has 0 N–H and O–H groups in total. The number of hydrogen-bond donors (Lipinski definition) is 0. The van der Waals surface area contributed by atoms with Gasteiger partial charge in [-0.1, -0.05) is 0 Å². The lowest BCUT2D eigenvalue weighted by atomic mass is 10.1. The van der Waals surface area contributed by atoms with E-state index in [1.807, 2.05) is 0 Å². The minimum absolute atomic E-state index is 0.500. The van der Waals surface area contributed by atoms with Crippen LogP contribution < -0.4 is 0 Å². The zero-order chi connectivity index (χ0) is 8.36. The van der Waals surface area contributed by atoms with E-state index < -0.39 is 23.6 Å². The van der Waals surface area contributed by atoms with Crippen molar-refractivity contribution in [3.8, 4) is 0 Å². The van der Waals surface area contributed by atoms with Gasteiger partial charge in [0.05, 0.1) is 4.92 Å². The summed E-state index contributed by atoms with van der Waals surface area (Å²) in [5.41, 5.74) is -3.01. The molecule has 0 aromatic heterocycles. The molecule has 0 amide bonds. The molecular weight excluding hydrogens is 151 g/mol. The van der Waals surface area contributed by atoms with Crippen molar-refractivity contribution in [1.29, 1.82) is 0 Å². The number of halogens is 3. The zero-order valence-corrected chi connectivity index (χ0v) is 5.18. The van der Waals surface area contributed by atoms with E-state index in [4.69, 9.17) is 0 Å². The Kier molecular flexibility index (Phi) is 2.62. The first-order valence-electron chi connectivity index (χ1n) is 2.44. The fraction of sp³-hybridized carbons (Fsp3) is 1.00.